The zero-order chi connectivity index (χ0) is 17.0. The Morgan fingerprint density at radius 2 is 1.61 bits per heavy atom. The minimum atomic E-state index is -0.782. The molecule has 0 aliphatic heterocycles. The number of nitro benzene ring substituents is 2. The number of amides is 1. The van der Waals surface area contributed by atoms with Gasteiger partial charge in [0, 0.05) is 24.5 Å². The van der Waals surface area contributed by atoms with Gasteiger partial charge < -0.3 is 5.32 Å². The molecule has 0 fully saturated rings. The molecule has 1 N–H and O–H groups in total. The summed E-state index contributed by atoms with van der Waals surface area (Å²) in [4.78, 5) is 36.2. The number of rotatable bonds is 5. The van der Waals surface area contributed by atoms with E-state index >= 15 is 0 Å². The van der Waals surface area contributed by atoms with Crippen molar-refractivity contribution >= 4 is 17.3 Å². The molecule has 0 aliphatic carbocycles. The number of aromatic nitrogens is 1. The topological polar surface area (TPSA) is 128 Å². The van der Waals surface area contributed by atoms with E-state index in [4.69, 9.17) is 0 Å². The summed E-state index contributed by atoms with van der Waals surface area (Å²) in [5, 5.41) is 24.3. The third-order valence-electron chi connectivity index (χ3n) is 3.14. The van der Waals surface area contributed by atoms with Crippen LogP contribution >= 0.6 is 0 Å². The molecule has 0 saturated heterocycles. The lowest BCUT2D eigenvalue weighted by molar-refractivity contribution is -0.394. The summed E-state index contributed by atoms with van der Waals surface area (Å²) in [6.45, 7) is 1.72. The van der Waals surface area contributed by atoms with E-state index in [1.807, 2.05) is 0 Å². The summed E-state index contributed by atoms with van der Waals surface area (Å²) in [7, 11) is 0. The van der Waals surface area contributed by atoms with Gasteiger partial charge in [0.2, 0.25) is 0 Å². The molecule has 23 heavy (non-hydrogen) atoms. The van der Waals surface area contributed by atoms with Gasteiger partial charge in [-0.3, -0.25) is 30.0 Å². The highest BCUT2D eigenvalue weighted by Crippen LogP contribution is 2.23. The average Bonchev–Trinajstić information content (AvgIpc) is 2.55. The monoisotopic (exact) mass is 316 g/mol. The fraction of sp³-hybridized carbons (Fsp3) is 0.143. The number of carbonyl (C=O) groups excluding carboxylic acids is 1. The highest BCUT2D eigenvalue weighted by molar-refractivity contribution is 5.95. The number of nitrogens with zero attached hydrogens (tertiary/aromatic N) is 3. The number of pyridine rings is 1. The van der Waals surface area contributed by atoms with E-state index in [9.17, 15) is 25.0 Å². The number of hydrogen-bond donors (Lipinski definition) is 1. The first-order chi connectivity index (χ1) is 10.9. The number of hydrogen-bond acceptors (Lipinski definition) is 6. The Kier molecular flexibility index (Phi) is 4.60. The van der Waals surface area contributed by atoms with Crippen LogP contribution in [0, 0.1) is 20.2 Å². The molecule has 9 heteroatoms. The lowest BCUT2D eigenvalue weighted by Crippen LogP contribution is -2.26. The normalized spacial score (nSPS) is 11.5. The smallest absolute Gasteiger partial charge is 0.277 e. The molecule has 118 valence electrons. The van der Waals surface area contributed by atoms with Crippen molar-refractivity contribution in [3.63, 3.8) is 0 Å². The van der Waals surface area contributed by atoms with Crippen LogP contribution < -0.4 is 5.32 Å². The number of benzene rings is 1. The van der Waals surface area contributed by atoms with Crippen molar-refractivity contribution < 1.29 is 14.6 Å². The van der Waals surface area contributed by atoms with Crippen LogP contribution in [0.4, 0.5) is 11.4 Å². The number of nitro groups is 2. The van der Waals surface area contributed by atoms with Crippen molar-refractivity contribution in [2.24, 2.45) is 0 Å². The Balaban J connectivity index is 2.28. The van der Waals surface area contributed by atoms with Crippen LogP contribution in [-0.2, 0) is 0 Å². The van der Waals surface area contributed by atoms with Crippen molar-refractivity contribution in [3.8, 4) is 0 Å². The third kappa shape index (κ3) is 3.84. The largest absolute Gasteiger partial charge is 0.346 e. The summed E-state index contributed by atoms with van der Waals surface area (Å²) in [6.07, 6.45) is 3.13. The number of non-ortho nitro benzene ring substituents is 2. The number of carbonyl (C=O) groups is 1. The van der Waals surface area contributed by atoms with Gasteiger partial charge in [0.1, 0.15) is 0 Å². The molecule has 1 aromatic carbocycles. The number of nitrogens with one attached hydrogen (secondary N) is 1. The lowest BCUT2D eigenvalue weighted by atomic mass is 10.1. The SMILES string of the molecule is CC(NC(=O)c1cc([N+](=O)[O-])cc([N+](=O)[O-])c1)c1ccncc1. The summed E-state index contributed by atoms with van der Waals surface area (Å²) in [5.41, 5.74) is -0.387. The van der Waals surface area contributed by atoms with Crippen molar-refractivity contribution in [3.05, 3.63) is 74.1 Å². The maximum Gasteiger partial charge on any atom is 0.277 e. The second-order valence-electron chi connectivity index (χ2n) is 4.73. The van der Waals surface area contributed by atoms with Gasteiger partial charge in [-0.05, 0) is 24.6 Å². The Morgan fingerprint density at radius 3 is 2.09 bits per heavy atom. The van der Waals surface area contributed by atoms with Crippen LogP contribution in [0.25, 0.3) is 0 Å². The van der Waals surface area contributed by atoms with Crippen LogP contribution in [0.15, 0.2) is 42.7 Å². The molecule has 0 spiro atoms. The molecule has 0 bridgehead atoms. The predicted octanol–water partition coefficient (Wildman–Crippen LogP) is 2.39. The summed E-state index contributed by atoms with van der Waals surface area (Å²) in [5.74, 6) is -0.638. The standard InChI is InChI=1S/C14H12N4O5/c1-9(10-2-4-15-5-3-10)16-14(19)11-6-12(17(20)21)8-13(7-11)18(22)23/h2-9H,1H3,(H,16,19). The van der Waals surface area contributed by atoms with Crippen LogP contribution in [0.1, 0.15) is 28.9 Å². The van der Waals surface area contributed by atoms with Crippen LogP contribution in [0.3, 0.4) is 0 Å². The van der Waals surface area contributed by atoms with Crippen LogP contribution in [0.2, 0.25) is 0 Å². The van der Waals surface area contributed by atoms with Crippen molar-refractivity contribution in [1.29, 1.82) is 0 Å². The van der Waals surface area contributed by atoms with E-state index in [0.29, 0.717) is 0 Å². The molecular weight excluding hydrogens is 304 g/mol. The van der Waals surface area contributed by atoms with Gasteiger partial charge in [0.05, 0.1) is 27.5 Å². The molecule has 0 aliphatic rings. The van der Waals surface area contributed by atoms with Gasteiger partial charge in [-0.1, -0.05) is 0 Å². The minimum absolute atomic E-state index is 0.146. The van der Waals surface area contributed by atoms with Gasteiger partial charge in [0.25, 0.3) is 17.3 Å². The summed E-state index contributed by atoms with van der Waals surface area (Å²) < 4.78 is 0. The van der Waals surface area contributed by atoms with E-state index in [1.165, 1.54) is 0 Å². The maximum absolute atomic E-state index is 12.2. The summed E-state index contributed by atoms with van der Waals surface area (Å²) >= 11 is 0. The molecule has 1 aromatic heterocycles. The van der Waals surface area contributed by atoms with E-state index < -0.39 is 27.1 Å². The average molecular weight is 316 g/mol. The fourth-order valence-corrected chi connectivity index (χ4v) is 1.95. The highest BCUT2D eigenvalue weighted by atomic mass is 16.6. The van der Waals surface area contributed by atoms with E-state index in [1.54, 1.807) is 31.5 Å². The highest BCUT2D eigenvalue weighted by Gasteiger charge is 2.20. The second-order valence-corrected chi connectivity index (χ2v) is 4.73. The molecule has 9 nitrogen and oxygen atoms in total. The van der Waals surface area contributed by atoms with Gasteiger partial charge in [-0.15, -0.1) is 0 Å². The Morgan fingerprint density at radius 1 is 1.09 bits per heavy atom. The van der Waals surface area contributed by atoms with Gasteiger partial charge >= 0.3 is 0 Å². The molecular formula is C14H12N4O5. The first-order valence-electron chi connectivity index (χ1n) is 6.53. The second kappa shape index (κ2) is 6.60. The zero-order valence-electron chi connectivity index (χ0n) is 12.0. The van der Waals surface area contributed by atoms with E-state index in [0.717, 1.165) is 23.8 Å². The van der Waals surface area contributed by atoms with Gasteiger partial charge in [-0.25, -0.2) is 0 Å². The molecule has 1 heterocycles. The Labute approximate surface area is 130 Å². The Bertz CT molecular complexity index is 731. The summed E-state index contributed by atoms with van der Waals surface area (Å²) in [6, 6.07) is 5.84. The van der Waals surface area contributed by atoms with E-state index in [2.05, 4.69) is 10.3 Å². The Hall–Kier alpha value is -3.36. The zero-order valence-corrected chi connectivity index (χ0v) is 12.0. The maximum atomic E-state index is 12.2. The molecule has 1 atom stereocenters. The van der Waals surface area contributed by atoms with Crippen LogP contribution in [-0.4, -0.2) is 20.7 Å². The minimum Gasteiger partial charge on any atom is -0.346 e. The molecule has 2 aromatic rings. The van der Waals surface area contributed by atoms with Crippen molar-refractivity contribution in [2.45, 2.75) is 13.0 Å². The molecule has 0 saturated carbocycles. The molecule has 0 radical (unpaired) electrons. The van der Waals surface area contributed by atoms with Crippen LogP contribution in [0.5, 0.6) is 0 Å². The third-order valence-corrected chi connectivity index (χ3v) is 3.14. The first kappa shape index (κ1) is 16.0. The van der Waals surface area contributed by atoms with Gasteiger partial charge in [-0.2, -0.15) is 0 Å². The molecule has 1 unspecified atom stereocenters. The first-order valence-corrected chi connectivity index (χ1v) is 6.53. The predicted molar refractivity (Wildman–Crippen MR) is 79.9 cm³/mol. The van der Waals surface area contributed by atoms with E-state index in [-0.39, 0.29) is 11.6 Å². The fourth-order valence-electron chi connectivity index (χ4n) is 1.95. The lowest BCUT2D eigenvalue weighted by Gasteiger charge is -2.14. The quantitative estimate of drug-likeness (QED) is 0.666. The molecule has 2 rings (SSSR count). The van der Waals surface area contributed by atoms with Crippen molar-refractivity contribution in [2.75, 3.05) is 0 Å². The van der Waals surface area contributed by atoms with Crippen molar-refractivity contribution in [1.82, 2.24) is 10.3 Å². The molecule has 1 amide bonds. The van der Waals surface area contributed by atoms with Gasteiger partial charge in [0.15, 0.2) is 0 Å².